The zero-order valence-electron chi connectivity index (χ0n) is 11.7. The molecule has 0 bridgehead atoms. The van der Waals surface area contributed by atoms with Crippen LogP contribution in [0.15, 0.2) is 24.3 Å². The molecule has 1 heterocycles. The number of ether oxygens (including phenoxy) is 1. The molecule has 1 fully saturated rings. The normalized spacial score (nSPS) is 22.4. The predicted molar refractivity (Wildman–Crippen MR) is 72.9 cm³/mol. The number of carbonyl (C=O) groups excluding carboxylic acids is 1. The summed E-state index contributed by atoms with van der Waals surface area (Å²) in [4.78, 5) is 13.9. The minimum Gasteiger partial charge on any atom is -0.497 e. The third-order valence-electron chi connectivity index (χ3n) is 3.94. The highest BCUT2D eigenvalue weighted by molar-refractivity contribution is 5.79. The lowest BCUT2D eigenvalue weighted by molar-refractivity contribution is -0.129. The first kappa shape index (κ1) is 13.9. The molecule has 0 saturated carbocycles. The predicted octanol–water partition coefficient (Wildman–Crippen LogP) is 1.99. The molecule has 0 spiro atoms. The molecule has 1 amide bonds. The van der Waals surface area contributed by atoms with Gasteiger partial charge in [0.05, 0.1) is 19.3 Å². The molecular weight excluding hydrogens is 242 g/mol. The van der Waals surface area contributed by atoms with Gasteiger partial charge in [0.2, 0.25) is 5.91 Å². The molecule has 2 rings (SSSR count). The minimum atomic E-state index is -0.433. The van der Waals surface area contributed by atoms with Gasteiger partial charge in [-0.2, -0.15) is 0 Å². The second-order valence-corrected chi connectivity index (χ2v) is 5.20. The second kappa shape index (κ2) is 5.61. The van der Waals surface area contributed by atoms with Crippen LogP contribution in [0.1, 0.15) is 31.9 Å². The fourth-order valence-electron chi connectivity index (χ4n) is 2.52. The standard InChI is InChI=1S/C15H21NO3/c1-10(12-4-6-14(19-3)7-5-12)16-9-13(11(2)17)8-15(16)18/h4-7,10-11,13,17H,8-9H2,1-3H3/t10-,11?,13+/m0/s1. The fourth-order valence-corrected chi connectivity index (χ4v) is 2.52. The van der Waals surface area contributed by atoms with Crippen LogP contribution in [0.4, 0.5) is 0 Å². The number of amides is 1. The minimum absolute atomic E-state index is 0.0298. The SMILES string of the molecule is COc1ccc([C@H](C)N2C[C@H](C(C)O)CC2=O)cc1. The van der Waals surface area contributed by atoms with E-state index < -0.39 is 6.10 Å². The number of hydrogen-bond donors (Lipinski definition) is 1. The maximum absolute atomic E-state index is 12.0. The van der Waals surface area contributed by atoms with E-state index in [0.717, 1.165) is 11.3 Å². The van der Waals surface area contributed by atoms with Gasteiger partial charge in [0, 0.05) is 18.9 Å². The van der Waals surface area contributed by atoms with E-state index in [-0.39, 0.29) is 17.9 Å². The number of rotatable bonds is 4. The van der Waals surface area contributed by atoms with Crippen molar-refractivity contribution in [2.45, 2.75) is 32.4 Å². The summed E-state index contributed by atoms with van der Waals surface area (Å²) in [6.45, 7) is 4.40. The first-order valence-electron chi connectivity index (χ1n) is 6.64. The number of benzene rings is 1. The van der Waals surface area contributed by atoms with E-state index in [1.54, 1.807) is 14.0 Å². The summed E-state index contributed by atoms with van der Waals surface area (Å²) < 4.78 is 5.13. The second-order valence-electron chi connectivity index (χ2n) is 5.20. The molecule has 1 aliphatic rings. The summed E-state index contributed by atoms with van der Waals surface area (Å²) in [7, 11) is 1.63. The van der Waals surface area contributed by atoms with Crippen molar-refractivity contribution in [2.75, 3.05) is 13.7 Å². The van der Waals surface area contributed by atoms with E-state index in [1.165, 1.54) is 0 Å². The van der Waals surface area contributed by atoms with Crippen molar-refractivity contribution in [3.8, 4) is 5.75 Å². The zero-order chi connectivity index (χ0) is 14.0. The van der Waals surface area contributed by atoms with Gasteiger partial charge in [0.15, 0.2) is 0 Å². The van der Waals surface area contributed by atoms with Gasteiger partial charge < -0.3 is 14.7 Å². The van der Waals surface area contributed by atoms with Gasteiger partial charge in [-0.25, -0.2) is 0 Å². The molecule has 0 radical (unpaired) electrons. The lowest BCUT2D eigenvalue weighted by Gasteiger charge is -2.25. The van der Waals surface area contributed by atoms with Crippen molar-refractivity contribution in [1.29, 1.82) is 0 Å². The van der Waals surface area contributed by atoms with Gasteiger partial charge in [-0.3, -0.25) is 4.79 Å². The van der Waals surface area contributed by atoms with Crippen LogP contribution in [-0.4, -0.2) is 35.7 Å². The Balaban J connectivity index is 2.10. The van der Waals surface area contributed by atoms with Gasteiger partial charge in [0.25, 0.3) is 0 Å². The van der Waals surface area contributed by atoms with Crippen molar-refractivity contribution in [2.24, 2.45) is 5.92 Å². The number of hydrogen-bond acceptors (Lipinski definition) is 3. The number of carbonyl (C=O) groups is 1. The van der Waals surface area contributed by atoms with Crippen LogP contribution in [0.25, 0.3) is 0 Å². The third kappa shape index (κ3) is 2.89. The van der Waals surface area contributed by atoms with Crippen molar-refractivity contribution >= 4 is 5.91 Å². The highest BCUT2D eigenvalue weighted by Crippen LogP contribution is 2.30. The Labute approximate surface area is 114 Å². The average Bonchev–Trinajstić information content (AvgIpc) is 2.80. The molecule has 1 aromatic rings. The monoisotopic (exact) mass is 263 g/mol. The Morgan fingerprint density at radius 1 is 1.32 bits per heavy atom. The smallest absolute Gasteiger partial charge is 0.223 e. The Bertz CT molecular complexity index is 441. The molecule has 0 aliphatic carbocycles. The number of aliphatic hydroxyl groups is 1. The molecule has 1 saturated heterocycles. The molecule has 0 aromatic heterocycles. The molecule has 1 N–H and O–H groups in total. The lowest BCUT2D eigenvalue weighted by atomic mass is 10.0. The molecule has 19 heavy (non-hydrogen) atoms. The number of nitrogens with zero attached hydrogens (tertiary/aromatic N) is 1. The molecular formula is C15H21NO3. The lowest BCUT2D eigenvalue weighted by Crippen LogP contribution is -2.29. The van der Waals surface area contributed by atoms with Crippen LogP contribution in [0.3, 0.4) is 0 Å². The van der Waals surface area contributed by atoms with E-state index in [0.29, 0.717) is 13.0 Å². The Hall–Kier alpha value is -1.55. The Morgan fingerprint density at radius 3 is 2.42 bits per heavy atom. The highest BCUT2D eigenvalue weighted by atomic mass is 16.5. The number of likely N-dealkylation sites (tertiary alicyclic amines) is 1. The highest BCUT2D eigenvalue weighted by Gasteiger charge is 2.35. The van der Waals surface area contributed by atoms with E-state index in [4.69, 9.17) is 4.74 Å². The third-order valence-corrected chi connectivity index (χ3v) is 3.94. The molecule has 3 atom stereocenters. The molecule has 104 valence electrons. The maximum Gasteiger partial charge on any atom is 0.223 e. The van der Waals surface area contributed by atoms with Crippen LogP contribution >= 0.6 is 0 Å². The van der Waals surface area contributed by atoms with Crippen LogP contribution in [0.5, 0.6) is 5.75 Å². The van der Waals surface area contributed by atoms with Crippen LogP contribution in [0, 0.1) is 5.92 Å². The van der Waals surface area contributed by atoms with Gasteiger partial charge in [0.1, 0.15) is 5.75 Å². The van der Waals surface area contributed by atoms with E-state index in [2.05, 4.69) is 0 Å². The maximum atomic E-state index is 12.0. The summed E-state index contributed by atoms with van der Waals surface area (Å²) in [6.07, 6.45) is 0.00930. The summed E-state index contributed by atoms with van der Waals surface area (Å²) in [5, 5.41) is 9.61. The van der Waals surface area contributed by atoms with E-state index in [9.17, 15) is 9.90 Å². The van der Waals surface area contributed by atoms with Crippen LogP contribution < -0.4 is 4.74 Å². The summed E-state index contributed by atoms with van der Waals surface area (Å²) in [5.74, 6) is 0.980. The fraction of sp³-hybridized carbons (Fsp3) is 0.533. The summed E-state index contributed by atoms with van der Waals surface area (Å²) >= 11 is 0. The quantitative estimate of drug-likeness (QED) is 0.903. The Morgan fingerprint density at radius 2 is 1.95 bits per heavy atom. The van der Waals surface area contributed by atoms with Crippen molar-refractivity contribution in [3.63, 3.8) is 0 Å². The molecule has 4 nitrogen and oxygen atoms in total. The zero-order valence-corrected chi connectivity index (χ0v) is 11.7. The van der Waals surface area contributed by atoms with E-state index in [1.807, 2.05) is 36.1 Å². The first-order valence-corrected chi connectivity index (χ1v) is 6.64. The summed E-state index contributed by atoms with van der Waals surface area (Å²) in [6, 6.07) is 7.79. The van der Waals surface area contributed by atoms with Gasteiger partial charge in [-0.15, -0.1) is 0 Å². The van der Waals surface area contributed by atoms with Gasteiger partial charge in [-0.1, -0.05) is 12.1 Å². The van der Waals surface area contributed by atoms with Crippen LogP contribution in [-0.2, 0) is 4.79 Å². The topological polar surface area (TPSA) is 49.8 Å². The largest absolute Gasteiger partial charge is 0.497 e. The van der Waals surface area contributed by atoms with Crippen LogP contribution in [0.2, 0.25) is 0 Å². The molecule has 4 heteroatoms. The number of aliphatic hydroxyl groups excluding tert-OH is 1. The average molecular weight is 263 g/mol. The number of methoxy groups -OCH3 is 1. The summed E-state index contributed by atoms with van der Waals surface area (Å²) in [5.41, 5.74) is 1.08. The first-order chi connectivity index (χ1) is 9.02. The van der Waals surface area contributed by atoms with Crippen molar-refractivity contribution < 1.29 is 14.6 Å². The molecule has 1 unspecified atom stereocenters. The molecule has 1 aromatic carbocycles. The Kier molecular flexibility index (Phi) is 4.10. The van der Waals surface area contributed by atoms with Gasteiger partial charge >= 0.3 is 0 Å². The van der Waals surface area contributed by atoms with Crippen molar-refractivity contribution in [3.05, 3.63) is 29.8 Å². The van der Waals surface area contributed by atoms with Gasteiger partial charge in [-0.05, 0) is 31.5 Å². The molecule has 1 aliphatic heterocycles. The van der Waals surface area contributed by atoms with E-state index >= 15 is 0 Å². The van der Waals surface area contributed by atoms with Crippen molar-refractivity contribution in [1.82, 2.24) is 4.90 Å².